The molecule has 0 atom stereocenters. The quantitative estimate of drug-likeness (QED) is 0.148. The van der Waals surface area contributed by atoms with Crippen LogP contribution >= 0.6 is 22.6 Å². The van der Waals surface area contributed by atoms with Gasteiger partial charge in [0.25, 0.3) is 5.91 Å². The third-order valence-electron chi connectivity index (χ3n) is 5.10. The number of nitrogens with zero attached hydrogens (tertiary/aromatic N) is 1. The number of anilines is 1. The molecule has 0 aliphatic heterocycles. The monoisotopic (exact) mass is 596 g/mol. The smallest absolute Gasteiger partial charge is 0.266 e. The van der Waals surface area contributed by atoms with E-state index in [9.17, 15) is 10.1 Å². The summed E-state index contributed by atoms with van der Waals surface area (Å²) in [5.74, 6) is 1.45. The van der Waals surface area contributed by atoms with Crippen molar-refractivity contribution in [2.75, 3.05) is 18.5 Å². The zero-order valence-corrected chi connectivity index (χ0v) is 22.8. The molecule has 3 aromatic carbocycles. The molecule has 6 nitrogen and oxygen atoms in total. The molecule has 36 heavy (non-hydrogen) atoms. The lowest BCUT2D eigenvalue weighted by Crippen LogP contribution is -2.13. The fourth-order valence-corrected chi connectivity index (χ4v) is 4.06. The molecular weight excluding hydrogens is 567 g/mol. The Morgan fingerprint density at radius 2 is 1.75 bits per heavy atom. The highest BCUT2D eigenvalue weighted by molar-refractivity contribution is 14.1. The molecule has 0 radical (unpaired) electrons. The van der Waals surface area contributed by atoms with E-state index in [0.29, 0.717) is 48.3 Å². The Kier molecular flexibility index (Phi) is 10.2. The van der Waals surface area contributed by atoms with Gasteiger partial charge < -0.3 is 19.5 Å². The van der Waals surface area contributed by atoms with Crippen LogP contribution in [0, 0.1) is 21.8 Å². The number of aryl methyl sites for hydroxylation is 1. The molecule has 0 unspecified atom stereocenters. The predicted molar refractivity (Wildman–Crippen MR) is 150 cm³/mol. The van der Waals surface area contributed by atoms with Crippen LogP contribution in [0.25, 0.3) is 6.08 Å². The minimum atomic E-state index is -0.495. The van der Waals surface area contributed by atoms with E-state index < -0.39 is 5.91 Å². The van der Waals surface area contributed by atoms with Crippen molar-refractivity contribution in [1.82, 2.24) is 0 Å². The zero-order valence-electron chi connectivity index (χ0n) is 20.6. The average Bonchev–Trinajstić information content (AvgIpc) is 2.87. The SMILES string of the molecule is CCCOc1c(I)cc(/C=C(\C#N)C(=O)Nc2ccc(OCc3ccc(C)cc3)cc2)cc1OCC. The zero-order chi connectivity index (χ0) is 25.9. The molecule has 0 heterocycles. The Morgan fingerprint density at radius 1 is 1.03 bits per heavy atom. The highest BCUT2D eigenvalue weighted by atomic mass is 127. The fourth-order valence-electron chi connectivity index (χ4n) is 3.28. The first-order valence-electron chi connectivity index (χ1n) is 11.7. The van der Waals surface area contributed by atoms with Crippen LogP contribution in [0.1, 0.15) is 37.0 Å². The summed E-state index contributed by atoms with van der Waals surface area (Å²) in [6.07, 6.45) is 2.42. The van der Waals surface area contributed by atoms with Crippen molar-refractivity contribution in [2.24, 2.45) is 0 Å². The van der Waals surface area contributed by atoms with Crippen LogP contribution in [0.3, 0.4) is 0 Å². The van der Waals surface area contributed by atoms with Crippen LogP contribution in [0.15, 0.2) is 66.2 Å². The number of nitriles is 1. The van der Waals surface area contributed by atoms with E-state index in [0.717, 1.165) is 15.6 Å². The molecule has 1 N–H and O–H groups in total. The average molecular weight is 596 g/mol. The number of carbonyl (C=O) groups excluding carboxylic acids is 1. The molecule has 1 amide bonds. The first-order chi connectivity index (χ1) is 17.4. The first kappa shape index (κ1) is 27.1. The largest absolute Gasteiger partial charge is 0.490 e. The maximum atomic E-state index is 12.8. The van der Waals surface area contributed by atoms with Gasteiger partial charge >= 0.3 is 0 Å². The van der Waals surface area contributed by atoms with Crippen LogP contribution in [-0.2, 0) is 11.4 Å². The second kappa shape index (κ2) is 13.5. The van der Waals surface area contributed by atoms with Crippen molar-refractivity contribution in [3.63, 3.8) is 0 Å². The highest BCUT2D eigenvalue weighted by Gasteiger charge is 2.14. The molecule has 0 aliphatic carbocycles. The van der Waals surface area contributed by atoms with Crippen LogP contribution in [0.2, 0.25) is 0 Å². The van der Waals surface area contributed by atoms with Crippen molar-refractivity contribution in [3.8, 4) is 23.3 Å². The molecule has 0 saturated heterocycles. The molecule has 0 fully saturated rings. The summed E-state index contributed by atoms with van der Waals surface area (Å²) in [6.45, 7) is 7.48. The number of halogens is 1. The van der Waals surface area contributed by atoms with Gasteiger partial charge in [-0.05, 0) is 96.5 Å². The van der Waals surface area contributed by atoms with E-state index >= 15 is 0 Å². The number of ether oxygens (including phenoxy) is 3. The molecule has 0 saturated carbocycles. The first-order valence-corrected chi connectivity index (χ1v) is 12.8. The molecule has 3 rings (SSSR count). The maximum Gasteiger partial charge on any atom is 0.266 e. The summed E-state index contributed by atoms with van der Waals surface area (Å²) in [6, 6.07) is 20.8. The Balaban J connectivity index is 1.69. The van der Waals surface area contributed by atoms with Crippen LogP contribution in [0.5, 0.6) is 17.2 Å². The third kappa shape index (κ3) is 7.75. The normalized spacial score (nSPS) is 10.9. The number of hydrogen-bond acceptors (Lipinski definition) is 5. The van der Waals surface area contributed by atoms with Gasteiger partial charge in [-0.3, -0.25) is 4.79 Å². The summed E-state index contributed by atoms with van der Waals surface area (Å²) < 4.78 is 18.2. The highest BCUT2D eigenvalue weighted by Crippen LogP contribution is 2.35. The minimum absolute atomic E-state index is 0.0184. The number of benzene rings is 3. The van der Waals surface area contributed by atoms with Gasteiger partial charge in [-0.15, -0.1) is 0 Å². The predicted octanol–water partition coefficient (Wildman–Crippen LogP) is 6.91. The summed E-state index contributed by atoms with van der Waals surface area (Å²) in [4.78, 5) is 12.8. The van der Waals surface area contributed by atoms with Gasteiger partial charge in [0.1, 0.15) is 24.0 Å². The molecule has 0 aromatic heterocycles. The second-order valence-electron chi connectivity index (χ2n) is 8.03. The van der Waals surface area contributed by atoms with E-state index in [2.05, 4.69) is 27.9 Å². The summed E-state index contributed by atoms with van der Waals surface area (Å²) in [7, 11) is 0. The second-order valence-corrected chi connectivity index (χ2v) is 9.20. The van der Waals surface area contributed by atoms with E-state index in [1.54, 1.807) is 36.4 Å². The Labute approximate surface area is 226 Å². The van der Waals surface area contributed by atoms with Gasteiger partial charge in [-0.1, -0.05) is 36.8 Å². The molecule has 0 spiro atoms. The standard InChI is InChI=1S/C29H29IN2O4/c1-4-14-35-28-26(30)16-22(17-27(28)34-5-2)15-23(18-31)29(33)32-24-10-12-25(13-11-24)36-19-21-8-6-20(3)7-9-21/h6-13,15-17H,4-5,14,19H2,1-3H3,(H,32,33)/b23-15+. The van der Waals surface area contributed by atoms with E-state index in [1.807, 2.05) is 57.2 Å². The Bertz CT molecular complexity index is 1250. The Morgan fingerprint density at radius 3 is 2.39 bits per heavy atom. The van der Waals surface area contributed by atoms with E-state index in [4.69, 9.17) is 14.2 Å². The van der Waals surface area contributed by atoms with Gasteiger partial charge in [0, 0.05) is 5.69 Å². The fraction of sp³-hybridized carbons (Fsp3) is 0.241. The lowest BCUT2D eigenvalue weighted by atomic mass is 10.1. The van der Waals surface area contributed by atoms with Gasteiger partial charge in [0.2, 0.25) is 0 Å². The van der Waals surface area contributed by atoms with E-state index in [-0.39, 0.29) is 5.57 Å². The van der Waals surface area contributed by atoms with Crippen molar-refractivity contribution in [1.29, 1.82) is 5.26 Å². The third-order valence-corrected chi connectivity index (χ3v) is 5.90. The lowest BCUT2D eigenvalue weighted by Gasteiger charge is -2.14. The van der Waals surface area contributed by atoms with Gasteiger partial charge in [0.15, 0.2) is 11.5 Å². The molecule has 7 heteroatoms. The molecule has 0 bridgehead atoms. The number of rotatable bonds is 11. The van der Waals surface area contributed by atoms with Gasteiger partial charge in [0.05, 0.1) is 16.8 Å². The van der Waals surface area contributed by atoms with Crippen molar-refractivity contribution in [2.45, 2.75) is 33.8 Å². The van der Waals surface area contributed by atoms with Crippen molar-refractivity contribution >= 4 is 40.3 Å². The Hall–Kier alpha value is -3.51. The van der Waals surface area contributed by atoms with Gasteiger partial charge in [-0.2, -0.15) is 5.26 Å². The molecular formula is C29H29IN2O4. The summed E-state index contributed by atoms with van der Waals surface area (Å²) in [5, 5.41) is 12.4. The number of carbonyl (C=O) groups is 1. The summed E-state index contributed by atoms with van der Waals surface area (Å²) >= 11 is 2.17. The topological polar surface area (TPSA) is 80.6 Å². The molecule has 186 valence electrons. The lowest BCUT2D eigenvalue weighted by molar-refractivity contribution is -0.112. The van der Waals surface area contributed by atoms with Crippen molar-refractivity contribution in [3.05, 3.63) is 86.5 Å². The maximum absolute atomic E-state index is 12.8. The van der Waals surface area contributed by atoms with Crippen LogP contribution in [-0.4, -0.2) is 19.1 Å². The molecule has 3 aromatic rings. The van der Waals surface area contributed by atoms with E-state index in [1.165, 1.54) is 5.56 Å². The molecule has 0 aliphatic rings. The van der Waals surface area contributed by atoms with Crippen molar-refractivity contribution < 1.29 is 19.0 Å². The summed E-state index contributed by atoms with van der Waals surface area (Å²) in [5.41, 5.74) is 3.51. The number of hydrogen-bond donors (Lipinski definition) is 1. The minimum Gasteiger partial charge on any atom is -0.490 e. The van der Waals surface area contributed by atoms with Gasteiger partial charge in [-0.25, -0.2) is 0 Å². The number of amides is 1. The number of nitrogens with one attached hydrogen (secondary N) is 1. The van der Waals surface area contributed by atoms with Crippen LogP contribution < -0.4 is 19.5 Å². The van der Waals surface area contributed by atoms with Crippen LogP contribution in [0.4, 0.5) is 5.69 Å².